The van der Waals surface area contributed by atoms with Gasteiger partial charge in [-0.2, -0.15) is 0 Å². The van der Waals surface area contributed by atoms with Gasteiger partial charge in [0.05, 0.1) is 6.04 Å². The largest absolute Gasteiger partial charge is 0.398 e. The maximum absolute atomic E-state index is 5.88. The Balaban J connectivity index is 2.19. The van der Waals surface area contributed by atoms with Gasteiger partial charge in [0.1, 0.15) is 0 Å². The Morgan fingerprint density at radius 1 is 1.12 bits per heavy atom. The average Bonchev–Trinajstić information content (AvgIpc) is 2.39. The van der Waals surface area contributed by atoms with E-state index in [9.17, 15) is 0 Å². The quantitative estimate of drug-likeness (QED) is 0.533. The molecule has 5 N–H and O–H groups in total. The van der Waals surface area contributed by atoms with E-state index in [0.717, 1.165) is 16.8 Å². The highest BCUT2D eigenvalue weighted by molar-refractivity contribution is 5.45. The summed E-state index contributed by atoms with van der Waals surface area (Å²) in [5.74, 6) is 5.57. The van der Waals surface area contributed by atoms with Crippen LogP contribution >= 0.6 is 0 Å². The van der Waals surface area contributed by atoms with Crippen LogP contribution in [-0.2, 0) is 6.42 Å². The minimum absolute atomic E-state index is 0.00417. The van der Waals surface area contributed by atoms with Crippen LogP contribution in [0.25, 0.3) is 0 Å². The lowest BCUT2D eigenvalue weighted by molar-refractivity contribution is 0.551. The Morgan fingerprint density at radius 3 is 2.47 bits per heavy atom. The van der Waals surface area contributed by atoms with Crippen molar-refractivity contribution in [3.8, 4) is 0 Å². The zero-order valence-electron chi connectivity index (χ0n) is 9.38. The molecule has 2 aromatic heterocycles. The van der Waals surface area contributed by atoms with E-state index in [2.05, 4.69) is 15.4 Å². The number of pyridine rings is 2. The third kappa shape index (κ3) is 2.77. The molecule has 0 aliphatic rings. The summed E-state index contributed by atoms with van der Waals surface area (Å²) >= 11 is 0. The molecule has 0 fully saturated rings. The number of nitrogens with zero attached hydrogens (tertiary/aromatic N) is 2. The van der Waals surface area contributed by atoms with Crippen LogP contribution in [0.15, 0.2) is 43.0 Å². The van der Waals surface area contributed by atoms with E-state index in [-0.39, 0.29) is 6.04 Å². The normalized spacial score (nSPS) is 12.3. The van der Waals surface area contributed by atoms with Crippen molar-refractivity contribution in [1.29, 1.82) is 0 Å². The van der Waals surface area contributed by atoms with Crippen molar-refractivity contribution < 1.29 is 0 Å². The summed E-state index contributed by atoms with van der Waals surface area (Å²) < 4.78 is 0. The third-order valence-electron chi connectivity index (χ3n) is 2.68. The minimum atomic E-state index is 0.00417. The molecule has 5 heteroatoms. The second kappa shape index (κ2) is 5.38. The van der Waals surface area contributed by atoms with Gasteiger partial charge in [-0.15, -0.1) is 0 Å². The van der Waals surface area contributed by atoms with E-state index >= 15 is 0 Å². The summed E-state index contributed by atoms with van der Waals surface area (Å²) in [5, 5.41) is 0. The lowest BCUT2D eigenvalue weighted by Gasteiger charge is -2.16. The molecule has 0 spiro atoms. The number of anilines is 1. The van der Waals surface area contributed by atoms with E-state index < -0.39 is 0 Å². The molecule has 0 aliphatic carbocycles. The molecule has 0 bridgehead atoms. The molecule has 0 saturated heterocycles. The second-order valence-electron chi connectivity index (χ2n) is 3.78. The Morgan fingerprint density at radius 2 is 1.82 bits per heavy atom. The monoisotopic (exact) mass is 229 g/mol. The van der Waals surface area contributed by atoms with Crippen molar-refractivity contribution in [3.63, 3.8) is 0 Å². The molecule has 88 valence electrons. The fraction of sp³-hybridized carbons (Fsp3) is 0.167. The predicted octanol–water partition coefficient (Wildman–Crippen LogP) is 0.806. The molecule has 17 heavy (non-hydrogen) atoms. The van der Waals surface area contributed by atoms with Crippen LogP contribution in [-0.4, -0.2) is 9.97 Å². The van der Waals surface area contributed by atoms with Gasteiger partial charge in [0.15, 0.2) is 0 Å². The highest BCUT2D eigenvalue weighted by Crippen LogP contribution is 2.19. The zero-order valence-corrected chi connectivity index (χ0v) is 9.38. The number of hydrogen-bond donors (Lipinski definition) is 3. The van der Waals surface area contributed by atoms with Crippen LogP contribution in [0.2, 0.25) is 0 Å². The Labute approximate surface area is 99.9 Å². The first-order chi connectivity index (χ1) is 8.31. The van der Waals surface area contributed by atoms with Crippen molar-refractivity contribution >= 4 is 5.69 Å². The summed E-state index contributed by atoms with van der Waals surface area (Å²) in [5.41, 5.74) is 11.4. The lowest BCUT2D eigenvalue weighted by Crippen LogP contribution is -2.29. The van der Waals surface area contributed by atoms with Gasteiger partial charge in [-0.25, -0.2) is 0 Å². The lowest BCUT2D eigenvalue weighted by atomic mass is 10.0. The summed E-state index contributed by atoms with van der Waals surface area (Å²) in [7, 11) is 0. The van der Waals surface area contributed by atoms with Crippen LogP contribution in [0.1, 0.15) is 17.2 Å². The van der Waals surface area contributed by atoms with Crippen molar-refractivity contribution in [2.75, 3.05) is 5.73 Å². The first-order valence-electron chi connectivity index (χ1n) is 5.35. The fourth-order valence-corrected chi connectivity index (χ4v) is 1.70. The Hall–Kier alpha value is -1.98. The Kier molecular flexibility index (Phi) is 3.64. The molecule has 0 saturated carbocycles. The van der Waals surface area contributed by atoms with Gasteiger partial charge in [-0.3, -0.25) is 21.2 Å². The first-order valence-corrected chi connectivity index (χ1v) is 5.35. The molecule has 0 aliphatic heterocycles. The molecule has 1 atom stereocenters. The molecule has 2 rings (SSSR count). The van der Waals surface area contributed by atoms with Crippen molar-refractivity contribution in [2.24, 2.45) is 5.84 Å². The number of aromatic nitrogens is 2. The van der Waals surface area contributed by atoms with Crippen molar-refractivity contribution in [2.45, 2.75) is 12.5 Å². The standard InChI is InChI=1S/C12H15N5/c13-11-3-6-16-8-10(11)7-12(17-14)9-1-4-15-5-2-9/h1-6,8,12,17H,7,14H2,(H2,13,16). The van der Waals surface area contributed by atoms with Crippen LogP contribution in [0.5, 0.6) is 0 Å². The minimum Gasteiger partial charge on any atom is -0.398 e. The number of hydrazine groups is 1. The van der Waals surface area contributed by atoms with E-state index in [1.165, 1.54) is 0 Å². The Bertz CT molecular complexity index is 471. The molecular weight excluding hydrogens is 214 g/mol. The van der Waals surface area contributed by atoms with E-state index in [0.29, 0.717) is 6.42 Å². The van der Waals surface area contributed by atoms with Crippen LogP contribution in [0.4, 0.5) is 5.69 Å². The van der Waals surface area contributed by atoms with Gasteiger partial charge in [0.2, 0.25) is 0 Å². The number of rotatable bonds is 4. The van der Waals surface area contributed by atoms with E-state index in [4.69, 9.17) is 11.6 Å². The molecule has 0 aromatic carbocycles. The fourth-order valence-electron chi connectivity index (χ4n) is 1.70. The predicted molar refractivity (Wildman–Crippen MR) is 66.7 cm³/mol. The van der Waals surface area contributed by atoms with Gasteiger partial charge < -0.3 is 5.73 Å². The average molecular weight is 229 g/mol. The smallest absolute Gasteiger partial charge is 0.0502 e. The zero-order chi connectivity index (χ0) is 12.1. The number of nitrogens with two attached hydrogens (primary N) is 2. The maximum atomic E-state index is 5.88. The van der Waals surface area contributed by atoms with Gasteiger partial charge in [-0.1, -0.05) is 0 Å². The molecule has 5 nitrogen and oxygen atoms in total. The summed E-state index contributed by atoms with van der Waals surface area (Å²) in [4.78, 5) is 8.05. The highest BCUT2D eigenvalue weighted by Gasteiger charge is 2.11. The van der Waals surface area contributed by atoms with Crippen molar-refractivity contribution in [3.05, 3.63) is 54.1 Å². The van der Waals surface area contributed by atoms with E-state index in [1.54, 1.807) is 30.9 Å². The van der Waals surface area contributed by atoms with Crippen LogP contribution in [0, 0.1) is 0 Å². The van der Waals surface area contributed by atoms with Gasteiger partial charge in [0.25, 0.3) is 0 Å². The number of hydrogen-bond acceptors (Lipinski definition) is 5. The molecule has 2 aromatic rings. The molecule has 2 heterocycles. The number of nitrogen functional groups attached to an aromatic ring is 1. The second-order valence-corrected chi connectivity index (χ2v) is 3.78. The summed E-state index contributed by atoms with van der Waals surface area (Å²) in [6.45, 7) is 0. The topological polar surface area (TPSA) is 89.8 Å². The van der Waals surface area contributed by atoms with Crippen LogP contribution in [0.3, 0.4) is 0 Å². The van der Waals surface area contributed by atoms with Crippen molar-refractivity contribution in [1.82, 2.24) is 15.4 Å². The van der Waals surface area contributed by atoms with Gasteiger partial charge >= 0.3 is 0 Å². The van der Waals surface area contributed by atoms with Gasteiger partial charge in [-0.05, 0) is 35.7 Å². The maximum Gasteiger partial charge on any atom is 0.0502 e. The first kappa shape index (κ1) is 11.5. The summed E-state index contributed by atoms with van der Waals surface area (Å²) in [6.07, 6.45) is 7.62. The summed E-state index contributed by atoms with van der Waals surface area (Å²) in [6, 6.07) is 5.65. The highest BCUT2D eigenvalue weighted by atomic mass is 15.2. The molecular formula is C12H15N5. The SMILES string of the molecule is NNC(Cc1cnccc1N)c1ccncc1. The van der Waals surface area contributed by atoms with Crippen LogP contribution < -0.4 is 17.0 Å². The molecule has 0 radical (unpaired) electrons. The molecule has 1 unspecified atom stereocenters. The number of nitrogens with one attached hydrogen (secondary N) is 1. The molecule has 0 amide bonds. The van der Waals surface area contributed by atoms with Gasteiger partial charge in [0, 0.05) is 30.5 Å². The van der Waals surface area contributed by atoms with E-state index in [1.807, 2.05) is 12.1 Å². The third-order valence-corrected chi connectivity index (χ3v) is 2.68.